The molecule has 174 valence electrons. The maximum Gasteiger partial charge on any atom is 0.251 e. The van der Waals surface area contributed by atoms with E-state index in [9.17, 15) is 13.2 Å². The lowest BCUT2D eigenvalue weighted by Crippen LogP contribution is -2.23. The Labute approximate surface area is 191 Å². The highest BCUT2D eigenvalue weighted by Gasteiger charge is 2.31. The number of hydrogen-bond acceptors (Lipinski definition) is 9. The van der Waals surface area contributed by atoms with Crippen LogP contribution in [0.2, 0.25) is 0 Å². The average molecular weight is 472 g/mol. The highest BCUT2D eigenvalue weighted by atomic mass is 32.2. The number of methoxy groups -OCH3 is 1. The number of aromatic nitrogens is 3. The van der Waals surface area contributed by atoms with Crippen LogP contribution in [0.5, 0.6) is 0 Å². The van der Waals surface area contributed by atoms with Gasteiger partial charge in [-0.3, -0.25) is 9.69 Å². The van der Waals surface area contributed by atoms with E-state index in [2.05, 4.69) is 25.3 Å². The predicted molar refractivity (Wildman–Crippen MR) is 120 cm³/mol. The zero-order valence-electron chi connectivity index (χ0n) is 18.4. The summed E-state index contributed by atoms with van der Waals surface area (Å²) in [5, 5.41) is 6.74. The molecule has 2 aromatic heterocycles. The van der Waals surface area contributed by atoms with Gasteiger partial charge in [-0.05, 0) is 49.2 Å². The van der Waals surface area contributed by atoms with E-state index in [1.54, 1.807) is 30.5 Å². The van der Waals surface area contributed by atoms with Gasteiger partial charge in [-0.2, -0.15) is 4.98 Å². The molecular formula is C22H25N5O5S. The van der Waals surface area contributed by atoms with Crippen molar-refractivity contribution >= 4 is 21.6 Å². The molecule has 0 aliphatic carbocycles. The van der Waals surface area contributed by atoms with Gasteiger partial charge in [0, 0.05) is 31.7 Å². The van der Waals surface area contributed by atoms with Gasteiger partial charge in [0.05, 0.1) is 10.9 Å². The SMILES string of the molecule is COCC(=O)Nc1ccc(-c2noc([C@@H]3CCCN3Cc3ccc(S(C)(=O)=O)cc3)n2)cn1. The lowest BCUT2D eigenvalue weighted by atomic mass is 10.2. The number of benzene rings is 1. The van der Waals surface area contributed by atoms with Crippen molar-refractivity contribution in [1.29, 1.82) is 0 Å². The van der Waals surface area contributed by atoms with E-state index in [0.717, 1.165) is 24.9 Å². The first kappa shape index (κ1) is 23.0. The Bertz CT molecular complexity index is 1210. The number of hydrogen-bond donors (Lipinski definition) is 1. The molecule has 4 rings (SSSR count). The molecule has 0 bridgehead atoms. The molecule has 0 spiro atoms. The molecule has 0 saturated carbocycles. The van der Waals surface area contributed by atoms with Crippen LogP contribution in [-0.2, 0) is 25.9 Å². The number of carbonyl (C=O) groups excluding carboxylic acids is 1. The van der Waals surface area contributed by atoms with Crippen molar-refractivity contribution in [2.45, 2.75) is 30.3 Å². The number of anilines is 1. The van der Waals surface area contributed by atoms with E-state index in [1.807, 2.05) is 12.1 Å². The smallest absolute Gasteiger partial charge is 0.251 e. The number of pyridine rings is 1. The molecular weight excluding hydrogens is 446 g/mol. The van der Waals surface area contributed by atoms with Crippen molar-refractivity contribution in [3.8, 4) is 11.4 Å². The third kappa shape index (κ3) is 5.62. The molecule has 0 radical (unpaired) electrons. The van der Waals surface area contributed by atoms with E-state index in [-0.39, 0.29) is 18.6 Å². The standard InChI is InChI=1S/C22H25N5O5S/c1-31-14-20(28)24-19-10-7-16(12-23-19)21-25-22(32-26-21)18-4-3-11-27(18)13-15-5-8-17(9-6-15)33(2,29)30/h5-10,12,18H,3-4,11,13-14H2,1-2H3,(H,23,24,28)/t18-/m0/s1. The van der Waals surface area contributed by atoms with Crippen LogP contribution in [0, 0.1) is 0 Å². The molecule has 1 saturated heterocycles. The largest absolute Gasteiger partial charge is 0.375 e. The summed E-state index contributed by atoms with van der Waals surface area (Å²) in [6, 6.07) is 10.4. The van der Waals surface area contributed by atoms with Crippen LogP contribution in [0.3, 0.4) is 0 Å². The molecule has 1 fully saturated rings. The number of nitrogens with zero attached hydrogens (tertiary/aromatic N) is 4. The second-order valence-corrected chi connectivity index (χ2v) is 9.93. The number of nitrogens with one attached hydrogen (secondary N) is 1. The number of ether oxygens (including phenoxy) is 1. The average Bonchev–Trinajstić information content (AvgIpc) is 3.44. The van der Waals surface area contributed by atoms with E-state index in [4.69, 9.17) is 9.26 Å². The summed E-state index contributed by atoms with van der Waals surface area (Å²) in [5.74, 6) is 1.09. The van der Waals surface area contributed by atoms with Gasteiger partial charge >= 0.3 is 0 Å². The first-order chi connectivity index (χ1) is 15.8. The number of likely N-dealkylation sites (tertiary alicyclic amines) is 1. The third-order valence-corrected chi connectivity index (χ3v) is 6.52. The maximum atomic E-state index is 11.7. The summed E-state index contributed by atoms with van der Waals surface area (Å²) in [6.07, 6.45) is 4.67. The van der Waals surface area contributed by atoms with Gasteiger partial charge in [-0.25, -0.2) is 13.4 Å². The minimum absolute atomic E-state index is 0.0126. The highest BCUT2D eigenvalue weighted by Crippen LogP contribution is 2.33. The summed E-state index contributed by atoms with van der Waals surface area (Å²) in [6.45, 7) is 1.49. The van der Waals surface area contributed by atoms with E-state index in [0.29, 0.717) is 34.5 Å². The Morgan fingerprint density at radius 2 is 2.03 bits per heavy atom. The zero-order valence-corrected chi connectivity index (χ0v) is 19.2. The van der Waals surface area contributed by atoms with Crippen LogP contribution < -0.4 is 5.32 Å². The molecule has 1 aromatic carbocycles. The Morgan fingerprint density at radius 3 is 2.70 bits per heavy atom. The van der Waals surface area contributed by atoms with Gasteiger partial charge in [0.1, 0.15) is 12.4 Å². The summed E-state index contributed by atoms with van der Waals surface area (Å²) >= 11 is 0. The van der Waals surface area contributed by atoms with Crippen LogP contribution >= 0.6 is 0 Å². The Kier molecular flexibility index (Phi) is 6.82. The van der Waals surface area contributed by atoms with Gasteiger partial charge in [-0.15, -0.1) is 0 Å². The topological polar surface area (TPSA) is 128 Å². The molecule has 3 aromatic rings. The number of sulfone groups is 1. The number of rotatable bonds is 8. The van der Waals surface area contributed by atoms with Gasteiger partial charge < -0.3 is 14.6 Å². The fraction of sp³-hybridized carbons (Fsp3) is 0.364. The maximum absolute atomic E-state index is 11.7. The third-order valence-electron chi connectivity index (χ3n) is 5.39. The number of carbonyl (C=O) groups is 1. The molecule has 33 heavy (non-hydrogen) atoms. The normalized spacial score (nSPS) is 16.7. The van der Waals surface area contributed by atoms with Crippen LogP contribution in [0.15, 0.2) is 52.0 Å². The molecule has 11 heteroatoms. The molecule has 10 nitrogen and oxygen atoms in total. The molecule has 1 aliphatic rings. The van der Waals surface area contributed by atoms with E-state index in [1.165, 1.54) is 13.4 Å². The summed E-state index contributed by atoms with van der Waals surface area (Å²) in [7, 11) is -1.77. The van der Waals surface area contributed by atoms with Crippen LogP contribution in [0.4, 0.5) is 5.82 Å². The van der Waals surface area contributed by atoms with E-state index >= 15 is 0 Å². The predicted octanol–water partition coefficient (Wildman–Crippen LogP) is 2.46. The van der Waals surface area contributed by atoms with Crippen molar-refractivity contribution in [2.24, 2.45) is 0 Å². The number of amides is 1. The summed E-state index contributed by atoms with van der Waals surface area (Å²) in [5.41, 5.74) is 1.69. The molecule has 1 aliphatic heterocycles. The lowest BCUT2D eigenvalue weighted by molar-refractivity contribution is -0.119. The van der Waals surface area contributed by atoms with Crippen molar-refractivity contribution < 1.29 is 22.5 Å². The quantitative estimate of drug-likeness (QED) is 0.527. The van der Waals surface area contributed by atoms with Crippen molar-refractivity contribution in [2.75, 3.05) is 31.8 Å². The second kappa shape index (κ2) is 9.77. The first-order valence-corrected chi connectivity index (χ1v) is 12.3. The Hall–Kier alpha value is -3.15. The highest BCUT2D eigenvalue weighted by molar-refractivity contribution is 7.90. The molecule has 1 atom stereocenters. The van der Waals surface area contributed by atoms with Crippen molar-refractivity contribution in [3.05, 3.63) is 54.0 Å². The Balaban J connectivity index is 1.43. The molecule has 1 amide bonds. The zero-order chi connectivity index (χ0) is 23.4. The van der Waals surface area contributed by atoms with E-state index < -0.39 is 9.84 Å². The molecule has 0 unspecified atom stereocenters. The van der Waals surface area contributed by atoms with Crippen LogP contribution in [-0.4, -0.2) is 60.9 Å². The van der Waals surface area contributed by atoms with Gasteiger partial charge in [0.15, 0.2) is 9.84 Å². The minimum Gasteiger partial charge on any atom is -0.375 e. The van der Waals surface area contributed by atoms with Gasteiger partial charge in [0.2, 0.25) is 11.7 Å². The Morgan fingerprint density at radius 1 is 1.24 bits per heavy atom. The lowest BCUT2D eigenvalue weighted by Gasteiger charge is -2.21. The van der Waals surface area contributed by atoms with Gasteiger partial charge in [0.25, 0.3) is 5.91 Å². The molecule has 1 N–H and O–H groups in total. The minimum atomic E-state index is -3.21. The summed E-state index contributed by atoms with van der Waals surface area (Å²) in [4.78, 5) is 22.9. The second-order valence-electron chi connectivity index (χ2n) is 7.91. The van der Waals surface area contributed by atoms with Crippen LogP contribution in [0.25, 0.3) is 11.4 Å². The fourth-order valence-electron chi connectivity index (χ4n) is 3.77. The fourth-order valence-corrected chi connectivity index (χ4v) is 4.40. The first-order valence-electron chi connectivity index (χ1n) is 10.5. The monoisotopic (exact) mass is 471 g/mol. The van der Waals surface area contributed by atoms with Crippen LogP contribution in [0.1, 0.15) is 30.3 Å². The van der Waals surface area contributed by atoms with Gasteiger partial charge in [-0.1, -0.05) is 17.3 Å². The van der Waals surface area contributed by atoms with Crippen molar-refractivity contribution in [1.82, 2.24) is 20.0 Å². The summed E-state index contributed by atoms with van der Waals surface area (Å²) < 4.78 is 33.7. The van der Waals surface area contributed by atoms with Crippen molar-refractivity contribution in [3.63, 3.8) is 0 Å². The molecule has 3 heterocycles.